The van der Waals surface area contributed by atoms with Gasteiger partial charge < -0.3 is 19.3 Å². The summed E-state index contributed by atoms with van der Waals surface area (Å²) in [5.74, 6) is 5.69. The number of carbonyl (C=O) groups is 1. The van der Waals surface area contributed by atoms with E-state index in [4.69, 9.17) is 14.2 Å². The van der Waals surface area contributed by atoms with Gasteiger partial charge in [-0.3, -0.25) is 0 Å². The minimum absolute atomic E-state index is 0.117. The third kappa shape index (κ3) is 5.14. The van der Waals surface area contributed by atoms with E-state index in [9.17, 15) is 9.90 Å². The number of halogens is 1. The van der Waals surface area contributed by atoms with Crippen molar-refractivity contribution < 1.29 is 24.1 Å². The quantitative estimate of drug-likeness (QED) is 0.330. The number of aliphatic carboxylic acids is 1. The summed E-state index contributed by atoms with van der Waals surface area (Å²) < 4.78 is 18.5. The van der Waals surface area contributed by atoms with Crippen molar-refractivity contribution in [1.29, 1.82) is 0 Å². The van der Waals surface area contributed by atoms with Crippen molar-refractivity contribution in [2.24, 2.45) is 0 Å². The maximum atomic E-state index is 12.1. The fourth-order valence-corrected chi connectivity index (χ4v) is 5.47. The van der Waals surface area contributed by atoms with Crippen LogP contribution in [0.2, 0.25) is 0 Å². The largest absolute Gasteiger partial charge is 0.478 e. The van der Waals surface area contributed by atoms with Crippen molar-refractivity contribution in [3.8, 4) is 23.5 Å². The zero-order valence-corrected chi connectivity index (χ0v) is 20.3. The molecule has 2 aromatic heterocycles. The maximum absolute atomic E-state index is 12.1. The molecule has 9 heteroatoms. The van der Waals surface area contributed by atoms with Gasteiger partial charge in [-0.25, -0.2) is 14.8 Å². The second-order valence-electron chi connectivity index (χ2n) is 7.15. The zero-order chi connectivity index (χ0) is 22.5. The molecule has 0 spiro atoms. The summed E-state index contributed by atoms with van der Waals surface area (Å²) in [6.07, 6.45) is 2.90. The van der Waals surface area contributed by atoms with Gasteiger partial charge in [0.1, 0.15) is 16.9 Å². The first-order valence-corrected chi connectivity index (χ1v) is 12.1. The van der Waals surface area contributed by atoms with Gasteiger partial charge in [0.05, 0.1) is 20.4 Å². The number of carboxylic acid groups (broad SMARTS) is 1. The van der Waals surface area contributed by atoms with E-state index in [1.54, 1.807) is 6.92 Å². The fraction of sp³-hybridized carbons (Fsp3) is 0.348. The van der Waals surface area contributed by atoms with Crippen molar-refractivity contribution in [3.63, 3.8) is 0 Å². The second kappa shape index (κ2) is 10.5. The van der Waals surface area contributed by atoms with Gasteiger partial charge >= 0.3 is 5.97 Å². The van der Waals surface area contributed by atoms with Crippen LogP contribution in [0.15, 0.2) is 30.6 Å². The Hall–Kier alpha value is -2.42. The monoisotopic (exact) mass is 564 g/mol. The smallest absolute Gasteiger partial charge is 0.345 e. The first kappa shape index (κ1) is 22.8. The number of para-hydroxylation sites is 1. The number of fused-ring (bicyclic) bond motifs is 1. The van der Waals surface area contributed by atoms with E-state index in [0.717, 1.165) is 33.3 Å². The van der Waals surface area contributed by atoms with Crippen molar-refractivity contribution >= 4 is 50.1 Å². The molecule has 166 valence electrons. The van der Waals surface area contributed by atoms with Gasteiger partial charge in [-0.2, -0.15) is 0 Å². The fourth-order valence-electron chi connectivity index (χ4n) is 3.40. The highest BCUT2D eigenvalue weighted by Crippen LogP contribution is 2.36. The molecule has 1 aliphatic rings. The lowest BCUT2D eigenvalue weighted by atomic mass is 10.1. The first-order chi connectivity index (χ1) is 15.6. The van der Waals surface area contributed by atoms with Crippen LogP contribution in [0.25, 0.3) is 10.2 Å². The van der Waals surface area contributed by atoms with E-state index in [2.05, 4.69) is 44.4 Å². The molecule has 0 radical (unpaired) electrons. The highest BCUT2D eigenvalue weighted by molar-refractivity contribution is 14.1. The Balaban J connectivity index is 1.60. The Labute approximate surface area is 203 Å². The molecule has 0 bridgehead atoms. The summed E-state index contributed by atoms with van der Waals surface area (Å²) in [6.45, 7) is 2.43. The minimum atomic E-state index is -1.15. The Bertz CT molecular complexity index is 1180. The van der Waals surface area contributed by atoms with E-state index in [-0.39, 0.29) is 18.6 Å². The lowest BCUT2D eigenvalue weighted by Crippen LogP contribution is -2.30. The molecule has 3 aromatic rings. The molecule has 2 atom stereocenters. The third-order valence-corrected chi connectivity index (χ3v) is 7.40. The number of nitrogens with zero attached hydrogens (tertiary/aromatic N) is 2. The van der Waals surface area contributed by atoms with E-state index < -0.39 is 12.1 Å². The molecule has 4 rings (SSSR count). The second-order valence-corrected chi connectivity index (χ2v) is 9.23. The number of thiophene rings is 1. The number of carboxylic acids is 1. The Morgan fingerprint density at radius 1 is 1.38 bits per heavy atom. The summed E-state index contributed by atoms with van der Waals surface area (Å²) in [6, 6.07) is 7.38. The van der Waals surface area contributed by atoms with Crippen molar-refractivity contribution in [2.45, 2.75) is 45.0 Å². The molecule has 0 amide bonds. The first-order valence-electron chi connectivity index (χ1n) is 10.2. The Morgan fingerprint density at radius 2 is 2.22 bits per heavy atom. The van der Waals surface area contributed by atoms with Crippen LogP contribution < -0.4 is 9.47 Å². The summed E-state index contributed by atoms with van der Waals surface area (Å²) >= 11 is 3.60. The summed E-state index contributed by atoms with van der Waals surface area (Å²) in [5, 5.41) is 10.6. The molecule has 7 nitrogen and oxygen atoms in total. The molecule has 1 saturated heterocycles. The van der Waals surface area contributed by atoms with Crippen molar-refractivity contribution in [3.05, 3.63) is 44.6 Å². The standard InChI is InChI=1S/C23H21IN2O5S/c1-2-7-17-20(24)19-21(25-13-26-22(19)32-17)31-16(23(27)28)12-14-8-3-4-9-15(14)30-18-10-5-6-11-29-18/h3-4,8-9,13,16,18H,5-6,10-12H2,1H3,(H,27,28)/t16-,18?/m1/s1. The van der Waals surface area contributed by atoms with Crippen LogP contribution in [0.4, 0.5) is 0 Å². The molecule has 0 aliphatic carbocycles. The number of hydrogen-bond donors (Lipinski definition) is 1. The summed E-state index contributed by atoms with van der Waals surface area (Å²) in [5.41, 5.74) is 0.733. The Kier molecular flexibility index (Phi) is 7.44. The molecule has 1 fully saturated rings. The molecule has 3 heterocycles. The normalized spacial score (nSPS) is 16.8. The van der Waals surface area contributed by atoms with Crippen molar-refractivity contribution in [2.75, 3.05) is 6.61 Å². The Morgan fingerprint density at radius 3 is 2.97 bits per heavy atom. The average Bonchev–Trinajstić information content (AvgIpc) is 3.11. The molecule has 1 unspecified atom stereocenters. The van der Waals surface area contributed by atoms with Gasteiger partial charge in [0.25, 0.3) is 0 Å². The molecule has 0 saturated carbocycles. The lowest BCUT2D eigenvalue weighted by Gasteiger charge is -2.25. The van der Waals surface area contributed by atoms with Gasteiger partial charge in [-0.05, 0) is 54.0 Å². The van der Waals surface area contributed by atoms with E-state index >= 15 is 0 Å². The highest BCUT2D eigenvalue weighted by atomic mass is 127. The SMILES string of the molecule is CC#Cc1sc2ncnc(O[C@H](Cc3ccccc3OC3CCCCO3)C(=O)O)c2c1I. The van der Waals surface area contributed by atoms with Gasteiger partial charge in [0.15, 0.2) is 6.29 Å². The molecule has 1 aliphatic heterocycles. The van der Waals surface area contributed by atoms with Crippen LogP contribution in [0.3, 0.4) is 0 Å². The molecular weight excluding hydrogens is 543 g/mol. The highest BCUT2D eigenvalue weighted by Gasteiger charge is 2.26. The predicted octanol–water partition coefficient (Wildman–Crippen LogP) is 4.65. The van der Waals surface area contributed by atoms with Crippen LogP contribution in [-0.4, -0.2) is 40.0 Å². The summed E-state index contributed by atoms with van der Waals surface area (Å²) in [4.78, 5) is 22.2. The van der Waals surface area contributed by atoms with E-state index in [1.165, 1.54) is 17.7 Å². The van der Waals surface area contributed by atoms with Crippen LogP contribution in [-0.2, 0) is 16.0 Å². The van der Waals surface area contributed by atoms with E-state index in [0.29, 0.717) is 22.6 Å². The number of aromatic nitrogens is 2. The average molecular weight is 564 g/mol. The number of ether oxygens (including phenoxy) is 3. The topological polar surface area (TPSA) is 90.8 Å². The van der Waals surface area contributed by atoms with Crippen LogP contribution in [0, 0.1) is 15.4 Å². The molecule has 1 aromatic carbocycles. The lowest BCUT2D eigenvalue weighted by molar-refractivity contribution is -0.145. The molecule has 1 N–H and O–H groups in total. The number of benzene rings is 1. The van der Waals surface area contributed by atoms with Gasteiger partial charge in [-0.1, -0.05) is 24.1 Å². The van der Waals surface area contributed by atoms with E-state index in [1.807, 2.05) is 24.3 Å². The van der Waals surface area contributed by atoms with Gasteiger partial charge in [0, 0.05) is 12.8 Å². The minimum Gasteiger partial charge on any atom is -0.478 e. The summed E-state index contributed by atoms with van der Waals surface area (Å²) in [7, 11) is 0. The molecular formula is C23H21IN2O5S. The number of rotatable bonds is 7. The van der Waals surface area contributed by atoms with Crippen molar-refractivity contribution in [1.82, 2.24) is 9.97 Å². The van der Waals surface area contributed by atoms with Gasteiger partial charge in [0.2, 0.25) is 12.0 Å². The van der Waals surface area contributed by atoms with Crippen LogP contribution in [0.5, 0.6) is 11.6 Å². The zero-order valence-electron chi connectivity index (χ0n) is 17.3. The third-order valence-electron chi connectivity index (χ3n) is 4.94. The maximum Gasteiger partial charge on any atom is 0.345 e. The van der Waals surface area contributed by atoms with Crippen LogP contribution in [0.1, 0.15) is 36.6 Å². The molecule has 32 heavy (non-hydrogen) atoms. The number of hydrogen-bond acceptors (Lipinski definition) is 7. The predicted molar refractivity (Wildman–Crippen MR) is 129 cm³/mol. The van der Waals surface area contributed by atoms with Crippen LogP contribution >= 0.6 is 33.9 Å². The van der Waals surface area contributed by atoms with Gasteiger partial charge in [-0.15, -0.1) is 17.3 Å².